The fourth-order valence-electron chi connectivity index (χ4n) is 3.01. The molecule has 0 fully saturated rings. The van der Waals surface area contributed by atoms with E-state index >= 15 is 0 Å². The van der Waals surface area contributed by atoms with Crippen molar-refractivity contribution in [1.29, 1.82) is 0 Å². The Morgan fingerprint density at radius 2 is 2.22 bits per heavy atom. The molecule has 7 heteroatoms. The van der Waals surface area contributed by atoms with Crippen molar-refractivity contribution in [1.82, 2.24) is 14.4 Å². The molecular formula is C16H15FN4O2. The van der Waals surface area contributed by atoms with Crippen molar-refractivity contribution in [2.45, 2.75) is 19.9 Å². The summed E-state index contributed by atoms with van der Waals surface area (Å²) in [5.74, 6) is 0.550. The van der Waals surface area contributed by atoms with E-state index in [9.17, 15) is 9.60 Å². The molecule has 0 radical (unpaired) electrons. The van der Waals surface area contributed by atoms with Gasteiger partial charge in [0, 0.05) is 23.7 Å². The van der Waals surface area contributed by atoms with Gasteiger partial charge in [-0.2, -0.15) is 4.98 Å². The van der Waals surface area contributed by atoms with Gasteiger partial charge in [-0.25, -0.2) is 13.8 Å². The zero-order valence-electron chi connectivity index (χ0n) is 12.5. The van der Waals surface area contributed by atoms with Crippen LogP contribution in [-0.4, -0.2) is 21.0 Å². The van der Waals surface area contributed by atoms with Crippen molar-refractivity contribution in [3.05, 3.63) is 58.6 Å². The van der Waals surface area contributed by atoms with Crippen LogP contribution in [0.15, 0.2) is 30.7 Å². The van der Waals surface area contributed by atoms with Gasteiger partial charge in [0.1, 0.15) is 24.4 Å². The fourth-order valence-corrected chi connectivity index (χ4v) is 3.01. The van der Waals surface area contributed by atoms with Crippen LogP contribution in [0.3, 0.4) is 0 Å². The Morgan fingerprint density at radius 3 is 3.09 bits per heavy atom. The number of nitrogens with zero attached hydrogens (tertiary/aromatic N) is 3. The lowest BCUT2D eigenvalue weighted by atomic mass is 10.0. The number of hydroxylamine groups is 1. The summed E-state index contributed by atoms with van der Waals surface area (Å²) in [7, 11) is 0. The number of benzene rings is 1. The lowest BCUT2D eigenvalue weighted by Gasteiger charge is -2.22. The monoisotopic (exact) mass is 314 g/mol. The van der Waals surface area contributed by atoms with Gasteiger partial charge in [-0.3, -0.25) is 0 Å². The van der Waals surface area contributed by atoms with Crippen LogP contribution in [0, 0.1) is 17.9 Å². The van der Waals surface area contributed by atoms with E-state index < -0.39 is 0 Å². The Morgan fingerprint density at radius 1 is 1.35 bits per heavy atom. The van der Waals surface area contributed by atoms with Crippen LogP contribution in [0.5, 0.6) is 5.75 Å². The van der Waals surface area contributed by atoms with Crippen molar-refractivity contribution in [2.75, 3.05) is 6.61 Å². The molecule has 1 N–H and O–H groups in total. The SMILES string of the molecule is Cc1ncn2c([NH+]([O-])Cc3c(F)ccc4c3CCO4)nccc12. The lowest BCUT2D eigenvalue weighted by Crippen LogP contribution is -3.01. The average molecular weight is 314 g/mol. The van der Waals surface area contributed by atoms with Crippen molar-refractivity contribution in [2.24, 2.45) is 0 Å². The van der Waals surface area contributed by atoms with E-state index in [1.807, 2.05) is 6.92 Å². The third kappa shape index (κ3) is 2.25. The standard InChI is InChI=1S/C16H15FN4O2/c1-10-14-4-6-18-16(20(14)9-19-10)21(22)8-12-11-5-7-23-15(11)3-2-13(12)17/h2-4,6,9,21H,5,7-8H2,1H3. The highest BCUT2D eigenvalue weighted by atomic mass is 19.1. The molecule has 1 aliphatic heterocycles. The van der Waals surface area contributed by atoms with Gasteiger partial charge in [0.15, 0.2) is 0 Å². The minimum atomic E-state index is -0.378. The van der Waals surface area contributed by atoms with Crippen molar-refractivity contribution in [3.8, 4) is 5.75 Å². The summed E-state index contributed by atoms with van der Waals surface area (Å²) in [5, 5.41) is 12.4. The normalized spacial score (nSPS) is 14.7. The molecule has 3 aromatic rings. The summed E-state index contributed by atoms with van der Waals surface area (Å²) in [4.78, 5) is 8.36. The third-order valence-electron chi connectivity index (χ3n) is 4.18. The zero-order chi connectivity index (χ0) is 16.0. The van der Waals surface area contributed by atoms with Gasteiger partial charge in [0.2, 0.25) is 0 Å². The van der Waals surface area contributed by atoms with Crippen LogP contribution >= 0.6 is 0 Å². The number of quaternary nitrogens is 1. The molecule has 6 nitrogen and oxygen atoms in total. The van der Waals surface area contributed by atoms with Gasteiger partial charge in [0.05, 0.1) is 17.8 Å². The van der Waals surface area contributed by atoms with Crippen LogP contribution in [-0.2, 0) is 13.0 Å². The van der Waals surface area contributed by atoms with Gasteiger partial charge in [0.25, 0.3) is 0 Å². The smallest absolute Gasteiger partial charge is 0.313 e. The Labute approximate surface area is 131 Å². The number of nitrogens with one attached hydrogen (secondary N) is 1. The molecule has 1 unspecified atom stereocenters. The largest absolute Gasteiger partial charge is 0.626 e. The third-order valence-corrected chi connectivity index (χ3v) is 4.18. The molecule has 1 aromatic carbocycles. The fraction of sp³-hybridized carbons (Fsp3) is 0.250. The van der Waals surface area contributed by atoms with E-state index in [0.717, 1.165) is 16.8 Å². The Balaban J connectivity index is 1.73. The second-order valence-electron chi connectivity index (χ2n) is 5.55. The summed E-state index contributed by atoms with van der Waals surface area (Å²) in [6.07, 6.45) is 3.77. The second kappa shape index (κ2) is 5.29. The average Bonchev–Trinajstić information content (AvgIpc) is 3.17. The van der Waals surface area contributed by atoms with E-state index in [0.29, 0.717) is 24.3 Å². The highest BCUT2D eigenvalue weighted by Gasteiger charge is 2.23. The number of halogens is 1. The number of ether oxygens (including phenoxy) is 1. The number of aromatic nitrogens is 3. The molecule has 1 aliphatic rings. The van der Waals surface area contributed by atoms with Crippen LogP contribution in [0.2, 0.25) is 0 Å². The maximum atomic E-state index is 14.2. The first-order chi connectivity index (χ1) is 11.1. The minimum absolute atomic E-state index is 0.0400. The molecule has 4 rings (SSSR count). The molecule has 0 amide bonds. The van der Waals surface area contributed by atoms with Crippen LogP contribution in [0.25, 0.3) is 5.52 Å². The summed E-state index contributed by atoms with van der Waals surface area (Å²) in [6, 6.07) is 4.76. The minimum Gasteiger partial charge on any atom is -0.626 e. The molecule has 0 saturated carbocycles. The molecule has 2 aromatic heterocycles. The zero-order valence-corrected chi connectivity index (χ0v) is 12.5. The highest BCUT2D eigenvalue weighted by Crippen LogP contribution is 2.29. The maximum absolute atomic E-state index is 14.2. The highest BCUT2D eigenvalue weighted by molar-refractivity contribution is 5.52. The predicted octanol–water partition coefficient (Wildman–Crippen LogP) is 1.33. The summed E-state index contributed by atoms with van der Waals surface area (Å²) in [6.45, 7) is 2.35. The predicted molar refractivity (Wildman–Crippen MR) is 81.0 cm³/mol. The quantitative estimate of drug-likeness (QED) is 0.741. The number of fused-ring (bicyclic) bond motifs is 2. The Kier molecular flexibility index (Phi) is 3.24. The van der Waals surface area contributed by atoms with Crippen molar-refractivity contribution >= 4 is 11.5 Å². The second-order valence-corrected chi connectivity index (χ2v) is 5.55. The van der Waals surface area contributed by atoms with Crippen molar-refractivity contribution < 1.29 is 14.2 Å². The van der Waals surface area contributed by atoms with Gasteiger partial charge < -0.3 is 15.0 Å². The molecule has 0 aliphatic carbocycles. The first kappa shape index (κ1) is 14.1. The topological polar surface area (TPSA) is 66.9 Å². The van der Waals surface area contributed by atoms with E-state index in [4.69, 9.17) is 4.74 Å². The van der Waals surface area contributed by atoms with Crippen LogP contribution in [0.1, 0.15) is 16.8 Å². The number of hydrogen-bond acceptors (Lipinski definition) is 4. The molecule has 1 atom stereocenters. The van der Waals surface area contributed by atoms with Gasteiger partial charge in [-0.15, -0.1) is 0 Å². The number of aryl methyl sites for hydroxylation is 1. The molecule has 3 heterocycles. The van der Waals surface area contributed by atoms with Crippen LogP contribution < -0.4 is 9.80 Å². The Bertz CT molecular complexity index is 893. The van der Waals surface area contributed by atoms with E-state index in [-0.39, 0.29) is 23.4 Å². The lowest BCUT2D eigenvalue weighted by molar-refractivity contribution is -0.798. The molecule has 0 saturated heterocycles. The molecule has 0 bridgehead atoms. The first-order valence-corrected chi connectivity index (χ1v) is 7.40. The molecule has 23 heavy (non-hydrogen) atoms. The van der Waals surface area contributed by atoms with E-state index in [1.165, 1.54) is 6.07 Å². The molecular weight excluding hydrogens is 299 g/mol. The molecule has 0 spiro atoms. The van der Waals surface area contributed by atoms with E-state index in [2.05, 4.69) is 9.97 Å². The maximum Gasteiger partial charge on any atom is 0.313 e. The van der Waals surface area contributed by atoms with Crippen molar-refractivity contribution in [3.63, 3.8) is 0 Å². The summed E-state index contributed by atoms with van der Waals surface area (Å²) in [5.41, 5.74) is 2.83. The number of hydrogen-bond donors (Lipinski definition) is 1. The first-order valence-electron chi connectivity index (χ1n) is 7.40. The molecule has 118 valence electrons. The Hall–Kier alpha value is -2.51. The van der Waals surface area contributed by atoms with Gasteiger partial charge in [-0.1, -0.05) is 0 Å². The summed E-state index contributed by atoms with van der Waals surface area (Å²) < 4.78 is 21.3. The number of imidazole rings is 1. The van der Waals surface area contributed by atoms with Gasteiger partial charge >= 0.3 is 5.95 Å². The number of rotatable bonds is 3. The van der Waals surface area contributed by atoms with E-state index in [1.54, 1.807) is 29.1 Å². The van der Waals surface area contributed by atoms with Crippen LogP contribution in [0.4, 0.5) is 10.3 Å². The summed E-state index contributed by atoms with van der Waals surface area (Å²) >= 11 is 0. The van der Waals surface area contributed by atoms with Gasteiger partial charge in [-0.05, 0) is 25.1 Å².